The van der Waals surface area contributed by atoms with E-state index in [0.717, 1.165) is 0 Å². The van der Waals surface area contributed by atoms with Crippen molar-refractivity contribution in [2.75, 3.05) is 0 Å². The van der Waals surface area contributed by atoms with E-state index in [-0.39, 0.29) is 5.41 Å². The van der Waals surface area contributed by atoms with Gasteiger partial charge in [-0.15, -0.1) is 0 Å². The van der Waals surface area contributed by atoms with Crippen LogP contribution in [0.1, 0.15) is 36.1 Å². The molecule has 0 heterocycles. The van der Waals surface area contributed by atoms with Crippen molar-refractivity contribution in [2.24, 2.45) is 0 Å². The van der Waals surface area contributed by atoms with Gasteiger partial charge in [-0.05, 0) is 48.2 Å². The van der Waals surface area contributed by atoms with Crippen molar-refractivity contribution in [2.45, 2.75) is 33.1 Å². The van der Waals surface area contributed by atoms with Crippen LogP contribution >= 0.6 is 31.9 Å². The minimum absolute atomic E-state index is 0.0108. The maximum absolute atomic E-state index is 3.57. The van der Waals surface area contributed by atoms with E-state index in [9.17, 15) is 0 Å². The van der Waals surface area contributed by atoms with Gasteiger partial charge in [-0.2, -0.15) is 0 Å². The fraction of sp³-hybridized carbons (Fsp3) is 0.294. The van der Waals surface area contributed by atoms with Crippen molar-refractivity contribution in [1.82, 2.24) is 0 Å². The van der Waals surface area contributed by atoms with Crippen molar-refractivity contribution in [3.05, 3.63) is 67.6 Å². The number of halogens is 2. The van der Waals surface area contributed by atoms with E-state index in [1.54, 1.807) is 0 Å². The lowest BCUT2D eigenvalue weighted by molar-refractivity contribution is 0.639. The molecule has 0 aromatic heterocycles. The molecule has 0 unspecified atom stereocenters. The van der Waals surface area contributed by atoms with Gasteiger partial charge >= 0.3 is 0 Å². The van der Waals surface area contributed by atoms with Gasteiger partial charge < -0.3 is 0 Å². The lowest BCUT2D eigenvalue weighted by Gasteiger charge is -2.27. The highest BCUT2D eigenvalue weighted by Crippen LogP contribution is 2.34. The minimum Gasteiger partial charge on any atom is -0.0570 e. The molecule has 0 aliphatic carbocycles. The van der Waals surface area contributed by atoms with Crippen molar-refractivity contribution in [1.29, 1.82) is 0 Å². The zero-order chi connectivity index (χ0) is 14.2. The molecule has 0 nitrogen and oxygen atoms in total. The number of rotatable bonds is 2. The van der Waals surface area contributed by atoms with Gasteiger partial charge in [0.2, 0.25) is 0 Å². The Bertz CT molecular complexity index is 559. The third kappa shape index (κ3) is 2.95. The van der Waals surface area contributed by atoms with Crippen LogP contribution in [0.2, 0.25) is 0 Å². The van der Waals surface area contributed by atoms with E-state index < -0.39 is 0 Å². The lowest BCUT2D eigenvalue weighted by atomic mass is 9.77. The first-order valence-corrected chi connectivity index (χ1v) is 7.94. The molecule has 2 aromatic carbocycles. The number of hydrogen-bond donors (Lipinski definition) is 0. The second-order valence-electron chi connectivity index (χ2n) is 5.55. The topological polar surface area (TPSA) is 0 Å². The van der Waals surface area contributed by atoms with Gasteiger partial charge in [0.1, 0.15) is 0 Å². The maximum atomic E-state index is 3.57. The smallest absolute Gasteiger partial charge is 0.0204 e. The predicted molar refractivity (Wildman–Crippen MR) is 89.9 cm³/mol. The maximum Gasteiger partial charge on any atom is 0.0204 e. The van der Waals surface area contributed by atoms with Gasteiger partial charge in [-0.1, -0.05) is 70.0 Å². The Kier molecular flexibility index (Phi) is 4.22. The van der Waals surface area contributed by atoms with E-state index in [2.05, 4.69) is 96.0 Å². The molecule has 0 saturated heterocycles. The first kappa shape index (κ1) is 14.8. The van der Waals surface area contributed by atoms with Crippen LogP contribution in [0.25, 0.3) is 0 Å². The molecule has 0 N–H and O–H groups in total. The number of aryl methyl sites for hydroxylation is 2. The van der Waals surface area contributed by atoms with E-state index in [1.165, 1.54) is 31.2 Å². The normalized spacial score (nSPS) is 11.7. The van der Waals surface area contributed by atoms with Gasteiger partial charge in [-0.3, -0.25) is 0 Å². The Balaban J connectivity index is 2.51. The molecular weight excluding hydrogens is 364 g/mol. The van der Waals surface area contributed by atoms with Crippen LogP contribution in [0.15, 0.2) is 45.3 Å². The third-order valence-electron chi connectivity index (χ3n) is 3.76. The Morgan fingerprint density at radius 3 is 1.42 bits per heavy atom. The van der Waals surface area contributed by atoms with Crippen LogP contribution in [0.5, 0.6) is 0 Å². The quantitative estimate of drug-likeness (QED) is 0.584. The molecule has 0 spiro atoms. The molecule has 0 amide bonds. The first-order chi connectivity index (χ1) is 8.82. The van der Waals surface area contributed by atoms with Gasteiger partial charge in [-0.25, -0.2) is 0 Å². The van der Waals surface area contributed by atoms with E-state index in [1.807, 2.05) is 0 Å². The highest BCUT2D eigenvalue weighted by Gasteiger charge is 2.23. The summed E-state index contributed by atoms with van der Waals surface area (Å²) in [6.07, 6.45) is 0. The molecule has 100 valence electrons. The summed E-state index contributed by atoms with van der Waals surface area (Å²) in [6.45, 7) is 8.82. The number of benzene rings is 2. The second kappa shape index (κ2) is 5.41. The van der Waals surface area contributed by atoms with Gasteiger partial charge in [0.25, 0.3) is 0 Å². The zero-order valence-electron chi connectivity index (χ0n) is 11.7. The zero-order valence-corrected chi connectivity index (χ0v) is 14.9. The average Bonchev–Trinajstić information content (AvgIpc) is 2.35. The average molecular weight is 382 g/mol. The predicted octanol–water partition coefficient (Wildman–Crippen LogP) is 6.15. The van der Waals surface area contributed by atoms with Gasteiger partial charge in [0.05, 0.1) is 0 Å². The lowest BCUT2D eigenvalue weighted by Crippen LogP contribution is -2.19. The van der Waals surface area contributed by atoms with Crippen molar-refractivity contribution < 1.29 is 0 Å². The fourth-order valence-electron chi connectivity index (χ4n) is 2.23. The molecule has 0 aliphatic rings. The molecule has 0 bridgehead atoms. The summed E-state index contributed by atoms with van der Waals surface area (Å²) in [7, 11) is 0. The molecule has 0 atom stereocenters. The van der Waals surface area contributed by atoms with Crippen LogP contribution in [-0.4, -0.2) is 0 Å². The largest absolute Gasteiger partial charge is 0.0570 e. The van der Waals surface area contributed by atoms with Crippen LogP contribution < -0.4 is 0 Å². The minimum atomic E-state index is 0.0108. The monoisotopic (exact) mass is 380 g/mol. The molecular formula is C17H18Br2. The summed E-state index contributed by atoms with van der Waals surface area (Å²) < 4.78 is 2.33. The van der Waals surface area contributed by atoms with E-state index in [0.29, 0.717) is 0 Å². The molecule has 0 saturated carbocycles. The summed E-state index contributed by atoms with van der Waals surface area (Å²) in [6, 6.07) is 13.2. The Hall–Kier alpha value is -0.600. The van der Waals surface area contributed by atoms with E-state index in [4.69, 9.17) is 0 Å². The van der Waals surface area contributed by atoms with Crippen LogP contribution in [0.3, 0.4) is 0 Å². The Morgan fingerprint density at radius 2 is 1.11 bits per heavy atom. The summed E-state index contributed by atoms with van der Waals surface area (Å²) in [5.41, 5.74) is 5.25. The summed E-state index contributed by atoms with van der Waals surface area (Å²) in [4.78, 5) is 0. The summed E-state index contributed by atoms with van der Waals surface area (Å²) >= 11 is 7.13. The highest BCUT2D eigenvalue weighted by atomic mass is 79.9. The second-order valence-corrected chi connectivity index (χ2v) is 7.26. The van der Waals surface area contributed by atoms with Gasteiger partial charge in [0, 0.05) is 14.4 Å². The van der Waals surface area contributed by atoms with Crippen LogP contribution in [-0.2, 0) is 5.41 Å². The Morgan fingerprint density at radius 1 is 0.737 bits per heavy atom. The first-order valence-electron chi connectivity index (χ1n) is 6.35. The van der Waals surface area contributed by atoms with Crippen molar-refractivity contribution in [3.63, 3.8) is 0 Å². The molecule has 0 radical (unpaired) electrons. The molecule has 2 rings (SSSR count). The van der Waals surface area contributed by atoms with E-state index >= 15 is 0 Å². The molecule has 2 aromatic rings. The van der Waals surface area contributed by atoms with Crippen molar-refractivity contribution >= 4 is 31.9 Å². The summed E-state index contributed by atoms with van der Waals surface area (Å²) in [5, 5.41) is 0. The SMILES string of the molecule is Cc1cc(C(C)(C)c2ccc(Br)c(C)c2)ccc1Br. The molecule has 0 aliphatic heterocycles. The highest BCUT2D eigenvalue weighted by molar-refractivity contribution is 9.10. The summed E-state index contributed by atoms with van der Waals surface area (Å²) in [5.74, 6) is 0. The molecule has 0 fully saturated rings. The van der Waals surface area contributed by atoms with Crippen LogP contribution in [0, 0.1) is 13.8 Å². The van der Waals surface area contributed by atoms with Crippen molar-refractivity contribution in [3.8, 4) is 0 Å². The molecule has 19 heavy (non-hydrogen) atoms. The Labute approximate surface area is 132 Å². The molecule has 2 heteroatoms. The van der Waals surface area contributed by atoms with Crippen LogP contribution in [0.4, 0.5) is 0 Å². The number of hydrogen-bond acceptors (Lipinski definition) is 0. The van der Waals surface area contributed by atoms with Gasteiger partial charge in [0.15, 0.2) is 0 Å². The third-order valence-corrected chi connectivity index (χ3v) is 5.54. The fourth-order valence-corrected chi connectivity index (χ4v) is 2.73. The standard InChI is InChI=1S/C17H18Br2/c1-11-9-13(5-7-15(11)18)17(3,4)14-6-8-16(19)12(2)10-14/h5-10H,1-4H3.